The van der Waals surface area contributed by atoms with Gasteiger partial charge in [0.1, 0.15) is 11.1 Å². The first kappa shape index (κ1) is 11.5. The van der Waals surface area contributed by atoms with E-state index in [2.05, 4.69) is 4.90 Å². The Hall–Kier alpha value is -1.00. The summed E-state index contributed by atoms with van der Waals surface area (Å²) in [6.07, 6.45) is 3.85. The van der Waals surface area contributed by atoms with Crippen LogP contribution >= 0.6 is 11.6 Å². The van der Waals surface area contributed by atoms with Crippen LogP contribution in [0.3, 0.4) is 0 Å². The van der Waals surface area contributed by atoms with Crippen molar-refractivity contribution in [1.82, 2.24) is 4.90 Å². The largest absolute Gasteiger partial charge is 0.480 e. The first-order valence-corrected chi connectivity index (χ1v) is 5.74. The Kier molecular flexibility index (Phi) is 3.51. The standard InChI is InChI=1S/C11H14ClNO3/c12-10(11(14)15)7-13(8-3-4-8)6-9-2-1-5-16-9/h1-2,5,8,10H,3-4,6-7H2,(H,14,15). The lowest BCUT2D eigenvalue weighted by Crippen LogP contribution is -2.35. The molecule has 1 aliphatic carbocycles. The molecule has 4 nitrogen and oxygen atoms in total. The maximum absolute atomic E-state index is 10.7. The van der Waals surface area contributed by atoms with Crippen LogP contribution in [0, 0.1) is 0 Å². The van der Waals surface area contributed by atoms with Crippen LogP contribution in [0.4, 0.5) is 0 Å². The van der Waals surface area contributed by atoms with Crippen LogP contribution in [0.1, 0.15) is 18.6 Å². The van der Waals surface area contributed by atoms with Crippen LogP contribution < -0.4 is 0 Å². The minimum absolute atomic E-state index is 0.363. The van der Waals surface area contributed by atoms with Crippen LogP contribution in [-0.4, -0.2) is 33.9 Å². The van der Waals surface area contributed by atoms with Gasteiger partial charge in [-0.2, -0.15) is 0 Å². The maximum Gasteiger partial charge on any atom is 0.322 e. The summed E-state index contributed by atoms with van der Waals surface area (Å²) in [5.41, 5.74) is 0. The second-order valence-corrected chi connectivity index (χ2v) is 4.57. The van der Waals surface area contributed by atoms with E-state index in [1.807, 2.05) is 12.1 Å². The third kappa shape index (κ3) is 3.00. The van der Waals surface area contributed by atoms with E-state index >= 15 is 0 Å². The molecular weight excluding hydrogens is 230 g/mol. The van der Waals surface area contributed by atoms with E-state index in [0.29, 0.717) is 19.1 Å². The Morgan fingerprint density at radius 2 is 2.44 bits per heavy atom. The lowest BCUT2D eigenvalue weighted by atomic mass is 10.3. The summed E-state index contributed by atoms with van der Waals surface area (Å²) in [6, 6.07) is 4.18. The molecule has 1 aromatic heterocycles. The van der Waals surface area contributed by atoms with Crippen molar-refractivity contribution in [3.8, 4) is 0 Å². The van der Waals surface area contributed by atoms with Gasteiger partial charge in [-0.1, -0.05) is 0 Å². The molecule has 0 aromatic carbocycles. The summed E-state index contributed by atoms with van der Waals surface area (Å²) in [6.45, 7) is 0.996. The smallest absolute Gasteiger partial charge is 0.322 e. The van der Waals surface area contributed by atoms with Gasteiger partial charge in [0, 0.05) is 12.6 Å². The van der Waals surface area contributed by atoms with Gasteiger partial charge in [-0.15, -0.1) is 11.6 Å². The molecule has 1 saturated carbocycles. The van der Waals surface area contributed by atoms with Gasteiger partial charge in [0.05, 0.1) is 12.8 Å². The van der Waals surface area contributed by atoms with Gasteiger partial charge < -0.3 is 9.52 Å². The molecule has 1 aromatic rings. The molecule has 2 rings (SSSR count). The van der Waals surface area contributed by atoms with E-state index in [0.717, 1.165) is 18.6 Å². The Bertz CT molecular complexity index is 348. The molecule has 0 saturated heterocycles. The Balaban J connectivity index is 1.92. The number of furan rings is 1. The maximum atomic E-state index is 10.7. The molecule has 0 aliphatic heterocycles. The zero-order valence-electron chi connectivity index (χ0n) is 8.80. The van der Waals surface area contributed by atoms with E-state index in [1.165, 1.54) is 0 Å². The molecule has 0 amide bonds. The highest BCUT2D eigenvalue weighted by atomic mass is 35.5. The fourth-order valence-corrected chi connectivity index (χ4v) is 1.85. The number of nitrogens with zero attached hydrogens (tertiary/aromatic N) is 1. The Labute approximate surface area is 98.8 Å². The second-order valence-electron chi connectivity index (χ2n) is 4.05. The molecular formula is C11H14ClNO3. The molecule has 1 aliphatic rings. The van der Waals surface area contributed by atoms with E-state index in [4.69, 9.17) is 21.1 Å². The van der Waals surface area contributed by atoms with E-state index in [-0.39, 0.29) is 0 Å². The highest BCUT2D eigenvalue weighted by Gasteiger charge is 2.32. The van der Waals surface area contributed by atoms with Gasteiger partial charge in [-0.05, 0) is 25.0 Å². The summed E-state index contributed by atoms with van der Waals surface area (Å²) in [4.78, 5) is 12.8. The van der Waals surface area contributed by atoms with Crippen LogP contribution in [0.2, 0.25) is 0 Å². The highest BCUT2D eigenvalue weighted by Crippen LogP contribution is 2.29. The summed E-state index contributed by atoms with van der Waals surface area (Å²) < 4.78 is 5.25. The van der Waals surface area contributed by atoms with Gasteiger partial charge in [0.15, 0.2) is 0 Å². The predicted molar refractivity (Wildman–Crippen MR) is 59.4 cm³/mol. The third-order valence-electron chi connectivity index (χ3n) is 2.67. The van der Waals surface area contributed by atoms with Crippen molar-refractivity contribution in [2.45, 2.75) is 30.8 Å². The average Bonchev–Trinajstić information content (AvgIpc) is 2.97. The van der Waals surface area contributed by atoms with Crippen molar-refractivity contribution in [3.05, 3.63) is 24.2 Å². The molecule has 0 spiro atoms. The number of carboxylic acid groups (broad SMARTS) is 1. The Morgan fingerprint density at radius 1 is 1.69 bits per heavy atom. The second kappa shape index (κ2) is 4.89. The SMILES string of the molecule is O=C(O)C(Cl)CN(Cc1ccco1)C1CC1. The van der Waals surface area contributed by atoms with Crippen LogP contribution in [0.25, 0.3) is 0 Å². The van der Waals surface area contributed by atoms with Gasteiger partial charge in [-0.3, -0.25) is 9.69 Å². The monoisotopic (exact) mass is 243 g/mol. The van der Waals surface area contributed by atoms with E-state index in [9.17, 15) is 4.79 Å². The molecule has 1 N–H and O–H groups in total. The summed E-state index contributed by atoms with van der Waals surface area (Å²) in [7, 11) is 0. The fourth-order valence-electron chi connectivity index (χ4n) is 1.67. The molecule has 0 bridgehead atoms. The van der Waals surface area contributed by atoms with Crippen LogP contribution in [0.5, 0.6) is 0 Å². The van der Waals surface area contributed by atoms with Crippen molar-refractivity contribution < 1.29 is 14.3 Å². The molecule has 0 radical (unpaired) electrons. The summed E-state index contributed by atoms with van der Waals surface area (Å²) in [5, 5.41) is 7.93. The molecule has 88 valence electrons. The third-order valence-corrected chi connectivity index (χ3v) is 2.99. The number of halogens is 1. The van der Waals surface area contributed by atoms with Gasteiger partial charge in [-0.25, -0.2) is 0 Å². The van der Waals surface area contributed by atoms with Crippen LogP contribution in [0.15, 0.2) is 22.8 Å². The zero-order chi connectivity index (χ0) is 11.5. The van der Waals surface area contributed by atoms with E-state index in [1.54, 1.807) is 6.26 Å². The molecule has 1 fully saturated rings. The number of alkyl halides is 1. The van der Waals surface area contributed by atoms with Crippen molar-refractivity contribution in [2.24, 2.45) is 0 Å². The minimum Gasteiger partial charge on any atom is -0.480 e. The number of hydrogen-bond donors (Lipinski definition) is 1. The first-order valence-electron chi connectivity index (χ1n) is 5.30. The molecule has 16 heavy (non-hydrogen) atoms. The number of aliphatic carboxylic acids is 1. The number of hydrogen-bond acceptors (Lipinski definition) is 3. The number of carboxylic acids is 1. The summed E-state index contributed by atoms with van der Waals surface area (Å²) in [5.74, 6) is -0.118. The zero-order valence-corrected chi connectivity index (χ0v) is 9.56. The number of rotatable bonds is 6. The van der Waals surface area contributed by atoms with Crippen molar-refractivity contribution in [1.29, 1.82) is 0 Å². The lowest BCUT2D eigenvalue weighted by molar-refractivity contribution is -0.137. The van der Waals surface area contributed by atoms with Crippen molar-refractivity contribution >= 4 is 17.6 Å². The van der Waals surface area contributed by atoms with Gasteiger partial charge in [0.25, 0.3) is 0 Å². The molecule has 1 heterocycles. The van der Waals surface area contributed by atoms with Gasteiger partial charge >= 0.3 is 5.97 Å². The average molecular weight is 244 g/mol. The predicted octanol–water partition coefficient (Wildman–Crippen LogP) is 1.94. The Morgan fingerprint density at radius 3 is 2.94 bits per heavy atom. The summed E-state index contributed by atoms with van der Waals surface area (Å²) >= 11 is 5.75. The highest BCUT2D eigenvalue weighted by molar-refractivity contribution is 6.29. The van der Waals surface area contributed by atoms with Crippen molar-refractivity contribution in [2.75, 3.05) is 6.54 Å². The molecule has 1 atom stereocenters. The van der Waals surface area contributed by atoms with E-state index < -0.39 is 11.3 Å². The quantitative estimate of drug-likeness (QED) is 0.776. The topological polar surface area (TPSA) is 53.7 Å². The molecule has 1 unspecified atom stereocenters. The minimum atomic E-state index is -0.966. The fraction of sp³-hybridized carbons (Fsp3) is 0.545. The lowest BCUT2D eigenvalue weighted by Gasteiger charge is -2.21. The molecule has 5 heteroatoms. The first-order chi connectivity index (χ1) is 7.66. The van der Waals surface area contributed by atoms with Crippen LogP contribution in [-0.2, 0) is 11.3 Å². The number of carbonyl (C=O) groups is 1. The van der Waals surface area contributed by atoms with Crippen molar-refractivity contribution in [3.63, 3.8) is 0 Å². The normalized spacial score (nSPS) is 17.6. The van der Waals surface area contributed by atoms with Gasteiger partial charge in [0.2, 0.25) is 0 Å².